The summed E-state index contributed by atoms with van der Waals surface area (Å²) < 4.78 is 8.89. The van der Waals surface area contributed by atoms with Crippen molar-refractivity contribution in [3.05, 3.63) is 158 Å². The molecule has 11 aromatic rings. The molecule has 4 aromatic heterocycles. The van der Waals surface area contributed by atoms with Crippen LogP contribution in [0.2, 0.25) is 0 Å². The highest BCUT2D eigenvalue weighted by atomic mass is 16.3. The molecule has 0 atom stereocenters. The quantitative estimate of drug-likeness (QED) is 0.192. The number of nitrogens with zero attached hydrogens (tertiary/aromatic N) is 4. The third-order valence-corrected chi connectivity index (χ3v) is 9.98. The van der Waals surface area contributed by atoms with E-state index in [2.05, 4.69) is 126 Å². The van der Waals surface area contributed by atoms with Crippen LogP contribution in [0.4, 0.5) is 0 Å². The van der Waals surface area contributed by atoms with Gasteiger partial charge in [0.15, 0.2) is 17.5 Å². The summed E-state index contributed by atoms with van der Waals surface area (Å²) in [5.74, 6) is 1.89. The molecule has 0 aliphatic rings. The maximum Gasteiger partial charge on any atom is 0.164 e. The molecule has 0 radical (unpaired) electrons. The molecule has 0 fully saturated rings. The van der Waals surface area contributed by atoms with E-state index in [9.17, 15) is 0 Å². The van der Waals surface area contributed by atoms with Crippen molar-refractivity contribution in [2.45, 2.75) is 0 Å². The molecule has 0 aliphatic carbocycles. The van der Waals surface area contributed by atoms with Gasteiger partial charge in [-0.15, -0.1) is 0 Å². The molecule has 0 N–H and O–H groups in total. The lowest BCUT2D eigenvalue weighted by atomic mass is 10.0. The monoisotopic (exact) mass is 638 g/mol. The lowest BCUT2D eigenvalue weighted by Crippen LogP contribution is -2.00. The van der Waals surface area contributed by atoms with Crippen molar-refractivity contribution in [2.75, 3.05) is 0 Å². The standard InChI is InChI=1S/C45H26N4O/c1-3-11-27(12-4-1)29-15-9-16-30(25-29)44-46-43(28-13-5-2-6-14-28)47-45(48-44)31-21-23-37-35(26-31)33-18-10-20-38-40(33)41-39(50-38)24-22-34-32-17-7-8-19-36(32)49(37)42(34)41/h1-26H. The Bertz CT molecular complexity index is 3090. The Kier molecular flexibility index (Phi) is 5.60. The van der Waals surface area contributed by atoms with Gasteiger partial charge in [0.05, 0.1) is 21.9 Å². The van der Waals surface area contributed by atoms with Gasteiger partial charge in [0.1, 0.15) is 11.2 Å². The van der Waals surface area contributed by atoms with Crippen LogP contribution in [0.5, 0.6) is 0 Å². The van der Waals surface area contributed by atoms with E-state index in [1.54, 1.807) is 0 Å². The molecule has 0 amide bonds. The van der Waals surface area contributed by atoms with Crippen LogP contribution in [0.25, 0.3) is 105 Å². The second kappa shape index (κ2) is 10.3. The fourth-order valence-electron chi connectivity index (χ4n) is 7.74. The highest BCUT2D eigenvalue weighted by Gasteiger charge is 2.22. The van der Waals surface area contributed by atoms with Gasteiger partial charge in [-0.25, -0.2) is 15.0 Å². The molecule has 0 unspecified atom stereocenters. The van der Waals surface area contributed by atoms with E-state index in [4.69, 9.17) is 19.4 Å². The second-order valence-corrected chi connectivity index (χ2v) is 12.8. The average molecular weight is 639 g/mol. The fourth-order valence-corrected chi connectivity index (χ4v) is 7.74. The van der Waals surface area contributed by atoms with E-state index < -0.39 is 0 Å². The topological polar surface area (TPSA) is 56.2 Å². The summed E-state index contributed by atoms with van der Waals surface area (Å²) in [6.07, 6.45) is 0. The van der Waals surface area contributed by atoms with E-state index in [1.807, 2.05) is 36.4 Å². The van der Waals surface area contributed by atoms with Crippen molar-refractivity contribution >= 4 is 60.0 Å². The van der Waals surface area contributed by atoms with Crippen molar-refractivity contribution in [3.63, 3.8) is 0 Å². The maximum absolute atomic E-state index is 6.48. The number of aromatic nitrogens is 4. The number of benzene rings is 7. The average Bonchev–Trinajstić information content (AvgIpc) is 3.70. The minimum atomic E-state index is 0.621. The van der Waals surface area contributed by atoms with Crippen LogP contribution in [-0.2, 0) is 0 Å². The Morgan fingerprint density at radius 2 is 0.960 bits per heavy atom. The smallest absolute Gasteiger partial charge is 0.164 e. The van der Waals surface area contributed by atoms with Crippen LogP contribution in [-0.4, -0.2) is 19.4 Å². The fraction of sp³-hybridized carbons (Fsp3) is 0. The Morgan fingerprint density at radius 3 is 1.78 bits per heavy atom. The number of rotatable bonds is 4. The van der Waals surface area contributed by atoms with Crippen molar-refractivity contribution in [3.8, 4) is 45.3 Å². The summed E-state index contributed by atoms with van der Waals surface area (Å²) in [7, 11) is 0. The molecular formula is C45H26N4O. The van der Waals surface area contributed by atoms with Gasteiger partial charge in [-0.05, 0) is 65.0 Å². The Balaban J connectivity index is 1.21. The highest BCUT2D eigenvalue weighted by molar-refractivity contribution is 6.31. The molecular weight excluding hydrogens is 613 g/mol. The van der Waals surface area contributed by atoms with Crippen molar-refractivity contribution in [1.29, 1.82) is 0 Å². The number of para-hydroxylation sites is 1. The normalized spacial score (nSPS) is 12.0. The number of hydrogen-bond acceptors (Lipinski definition) is 4. The van der Waals surface area contributed by atoms with Crippen LogP contribution in [0.15, 0.2) is 162 Å². The van der Waals surface area contributed by atoms with Gasteiger partial charge in [-0.2, -0.15) is 0 Å². The van der Waals surface area contributed by atoms with Crippen LogP contribution in [0.1, 0.15) is 0 Å². The summed E-state index contributed by atoms with van der Waals surface area (Å²) >= 11 is 0. The number of hydrogen-bond donors (Lipinski definition) is 0. The predicted octanol–water partition coefficient (Wildman–Crippen LogP) is 11.6. The minimum Gasteiger partial charge on any atom is -0.456 e. The third kappa shape index (κ3) is 3.92. The molecule has 7 aromatic carbocycles. The number of furan rings is 1. The third-order valence-electron chi connectivity index (χ3n) is 9.98. The summed E-state index contributed by atoms with van der Waals surface area (Å²) in [5.41, 5.74) is 10.3. The molecule has 11 rings (SSSR count). The van der Waals surface area contributed by atoms with E-state index in [0.29, 0.717) is 17.5 Å². The zero-order valence-electron chi connectivity index (χ0n) is 26.7. The summed E-state index contributed by atoms with van der Waals surface area (Å²) in [6, 6.07) is 54.9. The molecule has 0 bridgehead atoms. The Morgan fingerprint density at radius 1 is 0.360 bits per heavy atom. The molecule has 0 spiro atoms. The molecule has 5 heteroatoms. The van der Waals surface area contributed by atoms with Gasteiger partial charge in [-0.3, -0.25) is 0 Å². The molecule has 5 nitrogen and oxygen atoms in total. The largest absolute Gasteiger partial charge is 0.456 e. The summed E-state index contributed by atoms with van der Waals surface area (Å²) in [5, 5.41) is 6.95. The molecule has 0 aliphatic heterocycles. The van der Waals surface area contributed by atoms with Gasteiger partial charge in [-0.1, -0.05) is 109 Å². The predicted molar refractivity (Wildman–Crippen MR) is 204 cm³/mol. The first kappa shape index (κ1) is 27.1. The highest BCUT2D eigenvalue weighted by Crippen LogP contribution is 2.44. The van der Waals surface area contributed by atoms with Crippen molar-refractivity contribution in [2.24, 2.45) is 0 Å². The summed E-state index contributed by atoms with van der Waals surface area (Å²) in [6.45, 7) is 0. The number of fused-ring (bicyclic) bond motifs is 6. The molecule has 50 heavy (non-hydrogen) atoms. The molecule has 232 valence electrons. The molecule has 0 saturated carbocycles. The zero-order chi connectivity index (χ0) is 32.8. The first-order valence-electron chi connectivity index (χ1n) is 16.8. The van der Waals surface area contributed by atoms with Crippen LogP contribution in [0.3, 0.4) is 0 Å². The first-order chi connectivity index (χ1) is 24.8. The molecule has 0 saturated heterocycles. The van der Waals surface area contributed by atoms with E-state index >= 15 is 0 Å². The van der Waals surface area contributed by atoms with E-state index in [0.717, 1.165) is 66.0 Å². The second-order valence-electron chi connectivity index (χ2n) is 12.8. The maximum atomic E-state index is 6.48. The SMILES string of the molecule is c1ccc(-c2cccc(-c3nc(-c4ccccc4)nc(-c4ccc5c(c4)c4cccc6oc7ccc8c9ccccc9n5c8c7c64)n3)c2)cc1. The van der Waals surface area contributed by atoms with Gasteiger partial charge in [0, 0.05) is 38.2 Å². The van der Waals surface area contributed by atoms with Crippen molar-refractivity contribution in [1.82, 2.24) is 19.4 Å². The van der Waals surface area contributed by atoms with E-state index in [1.165, 1.54) is 21.8 Å². The molecule has 4 heterocycles. The minimum absolute atomic E-state index is 0.621. The lowest BCUT2D eigenvalue weighted by Gasteiger charge is -2.10. The Hall–Kier alpha value is -6.85. The Labute approximate surface area is 286 Å². The van der Waals surface area contributed by atoms with Crippen LogP contribution in [0, 0.1) is 0 Å². The van der Waals surface area contributed by atoms with E-state index in [-0.39, 0.29) is 0 Å². The van der Waals surface area contributed by atoms with Gasteiger partial charge < -0.3 is 8.82 Å². The van der Waals surface area contributed by atoms with Crippen LogP contribution < -0.4 is 0 Å². The van der Waals surface area contributed by atoms with Crippen molar-refractivity contribution < 1.29 is 4.42 Å². The zero-order valence-corrected chi connectivity index (χ0v) is 26.7. The lowest BCUT2D eigenvalue weighted by molar-refractivity contribution is 0.669. The first-order valence-corrected chi connectivity index (χ1v) is 16.8. The van der Waals surface area contributed by atoms with Gasteiger partial charge >= 0.3 is 0 Å². The van der Waals surface area contributed by atoms with Gasteiger partial charge in [0.25, 0.3) is 0 Å². The summed E-state index contributed by atoms with van der Waals surface area (Å²) in [4.78, 5) is 15.3. The van der Waals surface area contributed by atoms with Gasteiger partial charge in [0.2, 0.25) is 0 Å². The van der Waals surface area contributed by atoms with Crippen LogP contribution >= 0.6 is 0 Å².